The number of nitrogens with zero attached hydrogens (tertiary/aromatic N) is 2. The largest absolute Gasteiger partial charge is 0.302 e. The average Bonchev–Trinajstić information content (AvgIpc) is 2.28. The van der Waals surface area contributed by atoms with Crippen LogP contribution in [0, 0.1) is 17.1 Å². The zero-order valence-corrected chi connectivity index (χ0v) is 9.62. The maximum absolute atomic E-state index is 12.7. The Hall–Kier alpha value is -1.40. The van der Waals surface area contributed by atoms with Crippen molar-refractivity contribution in [2.75, 3.05) is 13.6 Å². The quantitative estimate of drug-likeness (QED) is 0.689. The molecule has 0 spiro atoms. The van der Waals surface area contributed by atoms with Crippen LogP contribution in [-0.2, 0) is 6.54 Å². The zero-order chi connectivity index (χ0) is 11.8. The van der Waals surface area contributed by atoms with Crippen molar-refractivity contribution < 1.29 is 4.39 Å². The molecule has 0 aliphatic rings. The number of hydrogen-bond acceptors (Lipinski definition) is 2. The first-order chi connectivity index (χ1) is 7.72. The Bertz CT molecular complexity index is 340. The van der Waals surface area contributed by atoms with Crippen LogP contribution in [-0.4, -0.2) is 18.5 Å². The second kappa shape index (κ2) is 6.97. The minimum absolute atomic E-state index is 0.194. The van der Waals surface area contributed by atoms with Gasteiger partial charge in [0, 0.05) is 13.0 Å². The number of halogens is 1. The molecule has 1 rings (SSSR count). The smallest absolute Gasteiger partial charge is 0.123 e. The topological polar surface area (TPSA) is 27.0 Å². The van der Waals surface area contributed by atoms with Crippen LogP contribution in [0.3, 0.4) is 0 Å². The van der Waals surface area contributed by atoms with Crippen LogP contribution in [0.4, 0.5) is 4.39 Å². The maximum Gasteiger partial charge on any atom is 0.123 e. The summed E-state index contributed by atoms with van der Waals surface area (Å²) >= 11 is 0. The van der Waals surface area contributed by atoms with E-state index in [0.29, 0.717) is 6.42 Å². The molecule has 1 aromatic carbocycles. The minimum atomic E-state index is -0.194. The summed E-state index contributed by atoms with van der Waals surface area (Å²) in [4.78, 5) is 2.19. The first-order valence-corrected chi connectivity index (χ1v) is 5.52. The predicted molar refractivity (Wildman–Crippen MR) is 62.2 cm³/mol. The van der Waals surface area contributed by atoms with E-state index >= 15 is 0 Å². The van der Waals surface area contributed by atoms with Crippen LogP contribution in [0.25, 0.3) is 0 Å². The fourth-order valence-corrected chi connectivity index (χ4v) is 1.57. The summed E-state index contributed by atoms with van der Waals surface area (Å²) in [5.41, 5.74) is 1.11. The summed E-state index contributed by atoms with van der Waals surface area (Å²) in [5, 5.41) is 8.39. The third-order valence-corrected chi connectivity index (χ3v) is 2.44. The molecule has 0 aliphatic heterocycles. The highest BCUT2D eigenvalue weighted by Gasteiger charge is 2.00. The molecule has 0 unspecified atom stereocenters. The van der Waals surface area contributed by atoms with Crippen molar-refractivity contribution in [2.45, 2.75) is 25.8 Å². The minimum Gasteiger partial charge on any atom is -0.302 e. The Labute approximate surface area is 96.3 Å². The molecule has 3 heteroatoms. The molecular weight excluding hydrogens is 203 g/mol. The summed E-state index contributed by atoms with van der Waals surface area (Å²) in [7, 11) is 2.04. The van der Waals surface area contributed by atoms with E-state index in [0.717, 1.165) is 31.5 Å². The van der Waals surface area contributed by atoms with Crippen molar-refractivity contribution in [1.29, 1.82) is 5.26 Å². The highest BCUT2D eigenvalue weighted by atomic mass is 19.1. The van der Waals surface area contributed by atoms with Gasteiger partial charge in [-0.05, 0) is 44.1 Å². The normalized spacial score (nSPS) is 10.4. The van der Waals surface area contributed by atoms with Gasteiger partial charge in [-0.25, -0.2) is 4.39 Å². The molecular formula is C13H17FN2. The number of rotatable bonds is 6. The first-order valence-electron chi connectivity index (χ1n) is 5.52. The Morgan fingerprint density at radius 1 is 1.25 bits per heavy atom. The molecule has 1 aromatic rings. The van der Waals surface area contributed by atoms with Gasteiger partial charge in [-0.2, -0.15) is 5.26 Å². The van der Waals surface area contributed by atoms with Crippen LogP contribution in [0.2, 0.25) is 0 Å². The van der Waals surface area contributed by atoms with E-state index < -0.39 is 0 Å². The van der Waals surface area contributed by atoms with Crippen molar-refractivity contribution in [1.82, 2.24) is 4.90 Å². The maximum atomic E-state index is 12.7. The van der Waals surface area contributed by atoms with Gasteiger partial charge >= 0.3 is 0 Å². The van der Waals surface area contributed by atoms with Gasteiger partial charge < -0.3 is 4.90 Å². The summed E-state index contributed by atoms with van der Waals surface area (Å²) in [6.07, 6.45) is 2.61. The molecule has 2 nitrogen and oxygen atoms in total. The van der Waals surface area contributed by atoms with E-state index in [-0.39, 0.29) is 5.82 Å². The molecule has 0 saturated heterocycles. The Morgan fingerprint density at radius 3 is 2.56 bits per heavy atom. The second-order valence-electron chi connectivity index (χ2n) is 3.98. The summed E-state index contributed by atoms with van der Waals surface area (Å²) in [6, 6.07) is 8.72. The van der Waals surface area contributed by atoms with Crippen LogP contribution in [0.1, 0.15) is 24.8 Å². The van der Waals surface area contributed by atoms with E-state index in [1.165, 1.54) is 12.1 Å². The molecule has 0 aromatic heterocycles. The molecule has 0 fully saturated rings. The lowest BCUT2D eigenvalue weighted by Crippen LogP contribution is -2.18. The summed E-state index contributed by atoms with van der Waals surface area (Å²) < 4.78 is 12.7. The van der Waals surface area contributed by atoms with Gasteiger partial charge in [-0.1, -0.05) is 12.1 Å². The highest BCUT2D eigenvalue weighted by Crippen LogP contribution is 2.06. The highest BCUT2D eigenvalue weighted by molar-refractivity contribution is 5.15. The molecule has 16 heavy (non-hydrogen) atoms. The van der Waals surface area contributed by atoms with E-state index in [4.69, 9.17) is 5.26 Å². The molecule has 0 N–H and O–H groups in total. The van der Waals surface area contributed by atoms with Gasteiger partial charge in [0.1, 0.15) is 5.82 Å². The molecule has 0 radical (unpaired) electrons. The zero-order valence-electron chi connectivity index (χ0n) is 9.62. The van der Waals surface area contributed by atoms with E-state index in [1.807, 2.05) is 7.05 Å². The number of benzene rings is 1. The third kappa shape index (κ3) is 4.90. The fraction of sp³-hybridized carbons (Fsp3) is 0.462. The van der Waals surface area contributed by atoms with Gasteiger partial charge in [-0.3, -0.25) is 0 Å². The van der Waals surface area contributed by atoms with E-state index in [2.05, 4.69) is 11.0 Å². The van der Waals surface area contributed by atoms with Gasteiger partial charge in [-0.15, -0.1) is 0 Å². The van der Waals surface area contributed by atoms with Gasteiger partial charge in [0.2, 0.25) is 0 Å². The molecule has 0 aliphatic carbocycles. The van der Waals surface area contributed by atoms with Crippen LogP contribution in [0.5, 0.6) is 0 Å². The molecule has 0 heterocycles. The summed E-state index contributed by atoms with van der Waals surface area (Å²) in [5.74, 6) is -0.194. The van der Waals surface area contributed by atoms with Gasteiger partial charge in [0.15, 0.2) is 0 Å². The Morgan fingerprint density at radius 2 is 1.94 bits per heavy atom. The molecule has 0 atom stereocenters. The number of nitriles is 1. The van der Waals surface area contributed by atoms with Crippen LogP contribution >= 0.6 is 0 Å². The first kappa shape index (κ1) is 12.7. The molecule has 0 saturated carbocycles. The van der Waals surface area contributed by atoms with Gasteiger partial charge in [0.05, 0.1) is 6.07 Å². The van der Waals surface area contributed by atoms with Crippen molar-refractivity contribution in [3.63, 3.8) is 0 Å². The van der Waals surface area contributed by atoms with Crippen molar-refractivity contribution in [3.8, 4) is 6.07 Å². The van der Waals surface area contributed by atoms with Crippen molar-refractivity contribution >= 4 is 0 Å². The van der Waals surface area contributed by atoms with E-state index in [9.17, 15) is 4.39 Å². The lowest BCUT2D eigenvalue weighted by atomic mass is 10.2. The standard InChI is InChI=1S/C13H17FN2/c1-16(10-4-2-3-9-15)11-12-5-7-13(14)8-6-12/h5-8H,2-4,10-11H2,1H3. The lowest BCUT2D eigenvalue weighted by molar-refractivity contribution is 0.319. The average molecular weight is 220 g/mol. The van der Waals surface area contributed by atoms with Crippen LogP contribution < -0.4 is 0 Å². The van der Waals surface area contributed by atoms with Crippen molar-refractivity contribution in [3.05, 3.63) is 35.6 Å². The van der Waals surface area contributed by atoms with E-state index in [1.54, 1.807) is 12.1 Å². The number of unbranched alkanes of at least 4 members (excludes halogenated alkanes) is 2. The SMILES string of the molecule is CN(CCCCC#N)Cc1ccc(F)cc1. The fourth-order valence-electron chi connectivity index (χ4n) is 1.57. The molecule has 0 amide bonds. The van der Waals surface area contributed by atoms with Crippen LogP contribution in [0.15, 0.2) is 24.3 Å². The monoisotopic (exact) mass is 220 g/mol. The predicted octanol–water partition coefficient (Wildman–Crippen LogP) is 2.95. The van der Waals surface area contributed by atoms with Gasteiger partial charge in [0.25, 0.3) is 0 Å². The Kier molecular flexibility index (Phi) is 5.52. The Balaban J connectivity index is 2.26. The lowest BCUT2D eigenvalue weighted by Gasteiger charge is -2.16. The second-order valence-corrected chi connectivity index (χ2v) is 3.98. The molecule has 0 bridgehead atoms. The van der Waals surface area contributed by atoms with Crippen molar-refractivity contribution in [2.24, 2.45) is 0 Å². The molecule has 86 valence electrons. The third-order valence-electron chi connectivity index (χ3n) is 2.44. The number of hydrogen-bond donors (Lipinski definition) is 0. The summed E-state index contributed by atoms with van der Waals surface area (Å²) in [6.45, 7) is 1.80.